The first-order valence-electron chi connectivity index (χ1n) is 4.90. The molecule has 0 spiro atoms. The molecule has 0 atom stereocenters. The number of Topliss-reactive ketones (excluding diaryl/α,β-unsaturated/α-hetero) is 1. The summed E-state index contributed by atoms with van der Waals surface area (Å²) in [5.74, 6) is -0.579. The molecule has 0 aliphatic rings. The molecule has 0 amide bonds. The first kappa shape index (κ1) is 10.5. The molecule has 1 heterocycles. The first-order valence-corrected chi connectivity index (χ1v) is 4.90. The summed E-state index contributed by atoms with van der Waals surface area (Å²) in [7, 11) is 0. The van der Waals surface area contributed by atoms with Crippen LogP contribution in [0.3, 0.4) is 0 Å². The quantitative estimate of drug-likeness (QED) is 0.720. The molecule has 0 saturated carbocycles. The molecule has 0 bridgehead atoms. The molecule has 80 valence electrons. The van der Waals surface area contributed by atoms with Gasteiger partial charge >= 0.3 is 0 Å². The largest absolute Gasteiger partial charge is 0.294 e. The Labute approximate surface area is 92.8 Å². The number of carbonyl (C=O) groups is 1. The Hall–Kier alpha value is -2.03. The zero-order valence-electron chi connectivity index (χ0n) is 8.77. The minimum atomic E-state index is -0.412. The van der Waals surface area contributed by atoms with E-state index < -0.39 is 5.82 Å². The lowest BCUT2D eigenvalue weighted by atomic mass is 10.0. The monoisotopic (exact) mass is 215 g/mol. The van der Waals surface area contributed by atoms with Crippen molar-refractivity contribution in [1.29, 1.82) is 0 Å². The number of hydrogen-bond donors (Lipinski definition) is 0. The second-order valence-electron chi connectivity index (χ2n) is 3.46. The maximum absolute atomic E-state index is 13.1. The lowest BCUT2D eigenvalue weighted by molar-refractivity contribution is 0.101. The van der Waals surface area contributed by atoms with Crippen molar-refractivity contribution in [3.8, 4) is 11.3 Å². The van der Waals surface area contributed by atoms with E-state index in [0.29, 0.717) is 16.8 Å². The van der Waals surface area contributed by atoms with Crippen LogP contribution in [0.2, 0.25) is 0 Å². The van der Waals surface area contributed by atoms with Gasteiger partial charge in [-0.3, -0.25) is 9.78 Å². The molecule has 0 unspecified atom stereocenters. The van der Waals surface area contributed by atoms with Gasteiger partial charge in [-0.2, -0.15) is 0 Å². The molecule has 1 aromatic carbocycles. The third kappa shape index (κ3) is 1.98. The second-order valence-corrected chi connectivity index (χ2v) is 3.46. The van der Waals surface area contributed by atoms with Crippen LogP contribution in [0.15, 0.2) is 42.6 Å². The Balaban J connectivity index is 2.61. The van der Waals surface area contributed by atoms with Gasteiger partial charge in [0.2, 0.25) is 0 Å². The van der Waals surface area contributed by atoms with Crippen LogP contribution in [0, 0.1) is 5.82 Å². The Morgan fingerprint density at radius 2 is 2.06 bits per heavy atom. The lowest BCUT2D eigenvalue weighted by Crippen LogP contribution is -1.98. The Morgan fingerprint density at radius 1 is 1.25 bits per heavy atom. The molecule has 1 aromatic heterocycles. The third-order valence-electron chi connectivity index (χ3n) is 2.30. The van der Waals surface area contributed by atoms with Crippen molar-refractivity contribution >= 4 is 5.78 Å². The van der Waals surface area contributed by atoms with E-state index in [0.717, 1.165) is 0 Å². The standard InChI is InChI=1S/C13H10FNO/c1-9(16)12-8-10(14)5-6-11(12)13-4-2-3-7-15-13/h2-8H,1H3. The van der Waals surface area contributed by atoms with E-state index in [-0.39, 0.29) is 5.78 Å². The van der Waals surface area contributed by atoms with Crippen molar-refractivity contribution in [2.24, 2.45) is 0 Å². The lowest BCUT2D eigenvalue weighted by Gasteiger charge is -2.05. The maximum Gasteiger partial charge on any atom is 0.160 e. The molecule has 2 nitrogen and oxygen atoms in total. The normalized spacial score (nSPS) is 10.1. The molecule has 2 aromatic rings. The van der Waals surface area contributed by atoms with Crippen LogP contribution >= 0.6 is 0 Å². The predicted octanol–water partition coefficient (Wildman–Crippen LogP) is 3.09. The minimum Gasteiger partial charge on any atom is -0.294 e. The van der Waals surface area contributed by atoms with E-state index in [1.54, 1.807) is 24.4 Å². The topological polar surface area (TPSA) is 30.0 Å². The van der Waals surface area contributed by atoms with Gasteiger partial charge in [0.15, 0.2) is 5.78 Å². The van der Waals surface area contributed by atoms with Crippen molar-refractivity contribution in [1.82, 2.24) is 4.98 Å². The van der Waals surface area contributed by atoms with Gasteiger partial charge in [-0.15, -0.1) is 0 Å². The number of aromatic nitrogens is 1. The van der Waals surface area contributed by atoms with Gasteiger partial charge in [0.05, 0.1) is 5.69 Å². The number of halogens is 1. The molecule has 0 aliphatic heterocycles. The van der Waals surface area contributed by atoms with Crippen molar-refractivity contribution in [3.05, 3.63) is 54.0 Å². The maximum atomic E-state index is 13.1. The first-order chi connectivity index (χ1) is 7.68. The average Bonchev–Trinajstić information content (AvgIpc) is 2.30. The highest BCUT2D eigenvalue weighted by molar-refractivity contribution is 6.00. The SMILES string of the molecule is CC(=O)c1cc(F)ccc1-c1ccccn1. The van der Waals surface area contributed by atoms with Gasteiger partial charge in [-0.25, -0.2) is 4.39 Å². The zero-order valence-corrected chi connectivity index (χ0v) is 8.77. The number of rotatable bonds is 2. The van der Waals surface area contributed by atoms with Gasteiger partial charge < -0.3 is 0 Å². The van der Waals surface area contributed by atoms with E-state index >= 15 is 0 Å². The van der Waals surface area contributed by atoms with Crippen LogP contribution in [0.4, 0.5) is 4.39 Å². The van der Waals surface area contributed by atoms with Gasteiger partial charge in [-0.1, -0.05) is 6.07 Å². The summed E-state index contributed by atoms with van der Waals surface area (Å²) >= 11 is 0. The predicted molar refractivity (Wildman–Crippen MR) is 59.6 cm³/mol. The zero-order chi connectivity index (χ0) is 11.5. The molecular weight excluding hydrogens is 205 g/mol. The van der Waals surface area contributed by atoms with Crippen LogP contribution in [-0.4, -0.2) is 10.8 Å². The highest BCUT2D eigenvalue weighted by Gasteiger charge is 2.10. The Bertz CT molecular complexity index is 523. The number of carbonyl (C=O) groups excluding carboxylic acids is 1. The minimum absolute atomic E-state index is 0.167. The van der Waals surface area contributed by atoms with E-state index in [2.05, 4.69) is 4.98 Å². The van der Waals surface area contributed by atoms with E-state index in [9.17, 15) is 9.18 Å². The Morgan fingerprint density at radius 3 is 2.69 bits per heavy atom. The fourth-order valence-electron chi connectivity index (χ4n) is 1.55. The van der Waals surface area contributed by atoms with Crippen LogP contribution in [0.5, 0.6) is 0 Å². The number of benzene rings is 1. The number of nitrogens with zero attached hydrogens (tertiary/aromatic N) is 1. The second kappa shape index (κ2) is 4.23. The number of pyridine rings is 1. The third-order valence-corrected chi connectivity index (χ3v) is 2.30. The summed E-state index contributed by atoms with van der Waals surface area (Å²) in [4.78, 5) is 15.5. The van der Waals surface area contributed by atoms with Crippen LogP contribution in [0.25, 0.3) is 11.3 Å². The molecule has 3 heteroatoms. The van der Waals surface area contributed by atoms with Gasteiger partial charge in [-0.05, 0) is 37.3 Å². The molecule has 0 radical (unpaired) electrons. The summed E-state index contributed by atoms with van der Waals surface area (Å²) in [6.07, 6.45) is 1.64. The molecule has 2 rings (SSSR count). The van der Waals surface area contributed by atoms with Gasteiger partial charge in [0.1, 0.15) is 5.82 Å². The summed E-state index contributed by atoms with van der Waals surface area (Å²) in [5, 5.41) is 0. The van der Waals surface area contributed by atoms with Crippen molar-refractivity contribution in [2.75, 3.05) is 0 Å². The molecule has 0 fully saturated rings. The van der Waals surface area contributed by atoms with Crippen molar-refractivity contribution in [3.63, 3.8) is 0 Å². The van der Waals surface area contributed by atoms with E-state index in [1.807, 2.05) is 6.07 Å². The molecule has 0 saturated heterocycles. The molecule has 16 heavy (non-hydrogen) atoms. The summed E-state index contributed by atoms with van der Waals surface area (Å²) < 4.78 is 13.1. The van der Waals surface area contributed by atoms with Crippen molar-refractivity contribution in [2.45, 2.75) is 6.92 Å². The smallest absolute Gasteiger partial charge is 0.160 e. The van der Waals surface area contributed by atoms with Crippen LogP contribution in [0.1, 0.15) is 17.3 Å². The van der Waals surface area contributed by atoms with Crippen LogP contribution in [-0.2, 0) is 0 Å². The van der Waals surface area contributed by atoms with Gasteiger partial charge in [0, 0.05) is 17.3 Å². The molecule has 0 N–H and O–H groups in total. The fourth-order valence-corrected chi connectivity index (χ4v) is 1.55. The summed E-state index contributed by atoms with van der Waals surface area (Å²) in [5.41, 5.74) is 1.70. The highest BCUT2D eigenvalue weighted by atomic mass is 19.1. The molecular formula is C13H10FNO. The fraction of sp³-hybridized carbons (Fsp3) is 0.0769. The van der Waals surface area contributed by atoms with Crippen LogP contribution < -0.4 is 0 Å². The molecule has 0 aliphatic carbocycles. The summed E-state index contributed by atoms with van der Waals surface area (Å²) in [6, 6.07) is 9.56. The van der Waals surface area contributed by atoms with Crippen molar-refractivity contribution < 1.29 is 9.18 Å². The summed E-state index contributed by atoms with van der Waals surface area (Å²) in [6.45, 7) is 1.42. The Kier molecular flexibility index (Phi) is 2.77. The number of ketones is 1. The van der Waals surface area contributed by atoms with E-state index in [1.165, 1.54) is 19.1 Å². The van der Waals surface area contributed by atoms with E-state index in [4.69, 9.17) is 0 Å². The average molecular weight is 215 g/mol. The van der Waals surface area contributed by atoms with Gasteiger partial charge in [0.25, 0.3) is 0 Å². The highest BCUT2D eigenvalue weighted by Crippen LogP contribution is 2.22. The number of hydrogen-bond acceptors (Lipinski definition) is 2.